The molecule has 1 saturated heterocycles. The van der Waals surface area contributed by atoms with Crippen LogP contribution in [-0.2, 0) is 0 Å². The molecule has 0 unspecified atom stereocenters. The molecule has 5 heteroatoms. The van der Waals surface area contributed by atoms with Gasteiger partial charge in [0, 0.05) is 37.2 Å². The minimum absolute atomic E-state index is 0.0953. The molecule has 0 aliphatic carbocycles. The van der Waals surface area contributed by atoms with Gasteiger partial charge in [0.15, 0.2) is 0 Å². The largest absolute Gasteiger partial charge is 0.545 e. The third-order valence-corrected chi connectivity index (χ3v) is 4.25. The van der Waals surface area contributed by atoms with Gasteiger partial charge in [-0.25, -0.2) is 0 Å². The van der Waals surface area contributed by atoms with Crippen LogP contribution in [0.4, 0.5) is 5.69 Å². The van der Waals surface area contributed by atoms with Crippen molar-refractivity contribution in [3.8, 4) is 0 Å². The second kappa shape index (κ2) is 5.80. The summed E-state index contributed by atoms with van der Waals surface area (Å²) in [6, 6.07) is 5.52. The lowest BCUT2D eigenvalue weighted by atomic mass is 10.0. The van der Waals surface area contributed by atoms with E-state index >= 15 is 0 Å². The Kier molecular flexibility index (Phi) is 4.32. The Bertz CT molecular complexity index is 471. The molecule has 0 atom stereocenters. The quantitative estimate of drug-likeness (QED) is 0.837. The first-order chi connectivity index (χ1) is 9.00. The van der Waals surface area contributed by atoms with E-state index in [-0.39, 0.29) is 10.6 Å². The van der Waals surface area contributed by atoms with Crippen molar-refractivity contribution in [2.24, 2.45) is 0 Å². The lowest BCUT2D eigenvalue weighted by molar-refractivity contribution is -0.884. The molecule has 1 N–H and O–H groups in total. The normalized spacial score (nSPS) is 23.1. The van der Waals surface area contributed by atoms with E-state index in [1.54, 1.807) is 18.2 Å². The second-order valence-corrected chi connectivity index (χ2v) is 5.63. The lowest BCUT2D eigenvalue weighted by Crippen LogP contribution is -3.10. The van der Waals surface area contributed by atoms with Crippen molar-refractivity contribution in [3.05, 3.63) is 28.8 Å². The zero-order valence-corrected chi connectivity index (χ0v) is 12.0. The number of halogens is 1. The van der Waals surface area contributed by atoms with Gasteiger partial charge in [0.25, 0.3) is 0 Å². The fourth-order valence-electron chi connectivity index (χ4n) is 2.69. The van der Waals surface area contributed by atoms with Crippen molar-refractivity contribution in [2.45, 2.75) is 18.9 Å². The van der Waals surface area contributed by atoms with Crippen LogP contribution in [0.25, 0.3) is 0 Å². The van der Waals surface area contributed by atoms with E-state index in [0.717, 1.165) is 25.9 Å². The minimum atomic E-state index is -1.22. The summed E-state index contributed by atoms with van der Waals surface area (Å²) >= 11 is 5.98. The molecule has 0 spiro atoms. The first-order valence-corrected chi connectivity index (χ1v) is 6.92. The fourth-order valence-corrected chi connectivity index (χ4v) is 2.93. The van der Waals surface area contributed by atoms with Crippen LogP contribution in [-0.4, -0.2) is 39.2 Å². The van der Waals surface area contributed by atoms with Gasteiger partial charge in [0.2, 0.25) is 0 Å². The highest BCUT2D eigenvalue weighted by Crippen LogP contribution is 2.28. The van der Waals surface area contributed by atoms with Crippen molar-refractivity contribution in [3.63, 3.8) is 0 Å². The van der Waals surface area contributed by atoms with Crippen LogP contribution in [0, 0.1) is 0 Å². The first kappa shape index (κ1) is 14.2. The van der Waals surface area contributed by atoms with Gasteiger partial charge in [-0.1, -0.05) is 17.7 Å². The Morgan fingerprint density at radius 3 is 2.63 bits per heavy atom. The van der Waals surface area contributed by atoms with E-state index in [9.17, 15) is 9.90 Å². The smallest absolute Gasteiger partial charge is 0.0788 e. The van der Waals surface area contributed by atoms with Gasteiger partial charge < -0.3 is 19.7 Å². The standard InChI is InChI=1S/C14H19ClN2O2/c1-16-8-6-10(7-9-16)17(2)12-5-3-4-11(15)13(12)14(18)19/h3-5,10H,6-9H2,1-2H3,(H,18,19). The summed E-state index contributed by atoms with van der Waals surface area (Å²) in [5.74, 6) is -1.22. The van der Waals surface area contributed by atoms with Crippen LogP contribution in [0.2, 0.25) is 5.02 Å². The molecule has 0 bridgehead atoms. The van der Waals surface area contributed by atoms with E-state index in [2.05, 4.69) is 7.05 Å². The van der Waals surface area contributed by atoms with Crippen molar-refractivity contribution in [2.75, 3.05) is 32.1 Å². The predicted molar refractivity (Wildman–Crippen MR) is 73.8 cm³/mol. The van der Waals surface area contributed by atoms with Crippen LogP contribution in [0.5, 0.6) is 0 Å². The molecule has 104 valence electrons. The van der Waals surface area contributed by atoms with E-state index in [4.69, 9.17) is 11.6 Å². The maximum Gasteiger partial charge on any atom is 0.0788 e. The first-order valence-electron chi connectivity index (χ1n) is 6.54. The molecular weight excluding hydrogens is 264 g/mol. The number of anilines is 1. The molecule has 0 aromatic heterocycles. The summed E-state index contributed by atoms with van der Waals surface area (Å²) in [6.07, 6.45) is 2.11. The number of quaternary nitrogens is 1. The molecule has 0 amide bonds. The number of rotatable bonds is 3. The van der Waals surface area contributed by atoms with Gasteiger partial charge in [0.1, 0.15) is 0 Å². The summed E-state index contributed by atoms with van der Waals surface area (Å²) < 4.78 is 0. The number of carboxylic acids is 1. The Balaban J connectivity index is 2.26. The van der Waals surface area contributed by atoms with E-state index in [1.165, 1.54) is 4.90 Å². The third kappa shape index (κ3) is 3.01. The maximum absolute atomic E-state index is 11.3. The Hall–Kier alpha value is -1.26. The van der Waals surface area contributed by atoms with Gasteiger partial charge in [0.05, 0.1) is 31.1 Å². The number of carbonyl (C=O) groups excluding carboxylic acids is 1. The van der Waals surface area contributed by atoms with Crippen LogP contribution in [0.3, 0.4) is 0 Å². The Morgan fingerprint density at radius 1 is 1.42 bits per heavy atom. The highest BCUT2D eigenvalue weighted by Gasteiger charge is 2.25. The van der Waals surface area contributed by atoms with Crippen LogP contribution < -0.4 is 14.9 Å². The zero-order chi connectivity index (χ0) is 14.0. The SMILES string of the molecule is CN(c1cccc(Cl)c1C(=O)[O-])C1CC[NH+](C)CC1. The summed E-state index contributed by atoms with van der Waals surface area (Å²) in [5, 5.41) is 11.5. The van der Waals surface area contributed by atoms with Crippen molar-refractivity contribution in [1.29, 1.82) is 0 Å². The molecule has 1 aliphatic rings. The van der Waals surface area contributed by atoms with Crippen molar-refractivity contribution >= 4 is 23.3 Å². The van der Waals surface area contributed by atoms with Crippen molar-refractivity contribution in [1.82, 2.24) is 0 Å². The van der Waals surface area contributed by atoms with Crippen LogP contribution in [0.1, 0.15) is 23.2 Å². The topological polar surface area (TPSA) is 47.8 Å². The molecule has 0 saturated carbocycles. The summed E-state index contributed by atoms with van der Waals surface area (Å²) in [5.41, 5.74) is 0.745. The van der Waals surface area contributed by atoms with Crippen LogP contribution >= 0.6 is 11.6 Å². The highest BCUT2D eigenvalue weighted by molar-refractivity contribution is 6.34. The molecule has 19 heavy (non-hydrogen) atoms. The zero-order valence-electron chi connectivity index (χ0n) is 11.3. The molecule has 4 nitrogen and oxygen atoms in total. The number of hydrogen-bond acceptors (Lipinski definition) is 3. The average molecular weight is 283 g/mol. The number of carboxylic acid groups (broad SMARTS) is 1. The van der Waals surface area contributed by atoms with E-state index in [1.807, 2.05) is 11.9 Å². The Labute approximate surface area is 118 Å². The molecule has 2 rings (SSSR count). The fraction of sp³-hybridized carbons (Fsp3) is 0.500. The number of benzene rings is 1. The number of aromatic carboxylic acids is 1. The van der Waals surface area contributed by atoms with Gasteiger partial charge in [-0.2, -0.15) is 0 Å². The van der Waals surface area contributed by atoms with E-state index < -0.39 is 5.97 Å². The lowest BCUT2D eigenvalue weighted by Gasteiger charge is -2.35. The number of carbonyl (C=O) groups is 1. The molecule has 1 aromatic carbocycles. The number of nitrogens with one attached hydrogen (secondary N) is 1. The third-order valence-electron chi connectivity index (χ3n) is 3.93. The molecular formula is C14H19ClN2O2. The van der Waals surface area contributed by atoms with E-state index in [0.29, 0.717) is 11.7 Å². The second-order valence-electron chi connectivity index (χ2n) is 5.22. The molecule has 1 heterocycles. The number of nitrogens with zero attached hydrogens (tertiary/aromatic N) is 1. The van der Waals surface area contributed by atoms with Gasteiger partial charge in [-0.05, 0) is 12.1 Å². The summed E-state index contributed by atoms with van der Waals surface area (Å²) in [7, 11) is 4.12. The van der Waals surface area contributed by atoms with Gasteiger partial charge >= 0.3 is 0 Å². The van der Waals surface area contributed by atoms with Crippen molar-refractivity contribution < 1.29 is 14.8 Å². The Morgan fingerprint density at radius 2 is 2.05 bits per heavy atom. The maximum atomic E-state index is 11.3. The molecule has 0 radical (unpaired) electrons. The summed E-state index contributed by atoms with van der Waals surface area (Å²) in [4.78, 5) is 14.8. The van der Waals surface area contributed by atoms with Gasteiger partial charge in [-0.3, -0.25) is 0 Å². The van der Waals surface area contributed by atoms with Gasteiger partial charge in [-0.15, -0.1) is 0 Å². The molecule has 1 aliphatic heterocycles. The average Bonchev–Trinajstić information content (AvgIpc) is 2.38. The minimum Gasteiger partial charge on any atom is -0.545 e. The van der Waals surface area contributed by atoms with Crippen LogP contribution in [0.15, 0.2) is 18.2 Å². The number of piperidine rings is 1. The number of likely N-dealkylation sites (tertiary alicyclic amines) is 1. The number of hydrogen-bond donors (Lipinski definition) is 1. The highest BCUT2D eigenvalue weighted by atomic mass is 35.5. The molecule has 1 aromatic rings. The monoisotopic (exact) mass is 282 g/mol. The summed E-state index contributed by atoms with van der Waals surface area (Å²) in [6.45, 7) is 2.21. The molecule has 1 fully saturated rings. The predicted octanol–water partition coefficient (Wildman–Crippen LogP) is -0.183.